The minimum absolute atomic E-state index is 0.0465. The first kappa shape index (κ1) is 25.0. The first-order valence-corrected chi connectivity index (χ1v) is 10.5. The summed E-state index contributed by atoms with van der Waals surface area (Å²) in [5.41, 5.74) is -0.607. The fourth-order valence-electron chi connectivity index (χ4n) is 3.21. The molecule has 190 valence electrons. The van der Waals surface area contributed by atoms with Gasteiger partial charge in [0.05, 0.1) is 23.0 Å². The van der Waals surface area contributed by atoms with E-state index < -0.39 is 23.7 Å². The van der Waals surface area contributed by atoms with Crippen LogP contribution >= 0.6 is 0 Å². The van der Waals surface area contributed by atoms with Crippen molar-refractivity contribution in [3.05, 3.63) is 84.7 Å². The molecule has 0 atom stereocenters. The minimum Gasteiger partial charge on any atom is -0.457 e. The highest BCUT2D eigenvalue weighted by Crippen LogP contribution is 2.33. The van der Waals surface area contributed by atoms with E-state index in [1.54, 1.807) is 0 Å². The number of carbonyl (C=O) groups excluding carboxylic acids is 2. The topological polar surface area (TPSA) is 134 Å². The molecule has 0 unspecified atom stereocenters. The van der Waals surface area contributed by atoms with Gasteiger partial charge in [-0.2, -0.15) is 18.3 Å². The zero-order chi connectivity index (χ0) is 26.6. The van der Waals surface area contributed by atoms with Gasteiger partial charge in [0, 0.05) is 23.5 Å². The van der Waals surface area contributed by atoms with Crippen LogP contribution in [0.3, 0.4) is 0 Å². The molecule has 0 aliphatic carbocycles. The summed E-state index contributed by atoms with van der Waals surface area (Å²) >= 11 is 0. The van der Waals surface area contributed by atoms with Gasteiger partial charge < -0.3 is 20.7 Å². The van der Waals surface area contributed by atoms with E-state index in [0.29, 0.717) is 16.2 Å². The van der Waals surface area contributed by atoms with E-state index >= 15 is 0 Å². The van der Waals surface area contributed by atoms with Crippen molar-refractivity contribution in [1.82, 2.24) is 20.1 Å². The van der Waals surface area contributed by atoms with Crippen LogP contribution in [0.25, 0.3) is 5.69 Å². The molecule has 37 heavy (non-hydrogen) atoms. The number of anilines is 2. The van der Waals surface area contributed by atoms with Crippen molar-refractivity contribution < 1.29 is 37.4 Å². The number of rotatable bonds is 6. The maximum absolute atomic E-state index is 13.2. The molecule has 4 rings (SSSR count). The van der Waals surface area contributed by atoms with Crippen molar-refractivity contribution in [1.29, 1.82) is 0 Å². The van der Waals surface area contributed by atoms with Crippen LogP contribution in [0.4, 0.5) is 29.3 Å². The van der Waals surface area contributed by atoms with Gasteiger partial charge in [-0.25, -0.2) is 14.5 Å². The Morgan fingerprint density at radius 2 is 1.78 bits per heavy atom. The third-order valence-corrected chi connectivity index (χ3v) is 4.95. The molecule has 0 aliphatic rings. The van der Waals surface area contributed by atoms with Gasteiger partial charge in [-0.05, 0) is 42.5 Å². The van der Waals surface area contributed by atoms with E-state index in [-0.39, 0.29) is 22.8 Å². The number of carbonyl (C=O) groups is 2. The lowest BCUT2D eigenvalue weighted by atomic mass is 10.1. The smallest absolute Gasteiger partial charge is 0.416 e. The molecule has 3 amide bonds. The summed E-state index contributed by atoms with van der Waals surface area (Å²) in [6.45, 7) is 0. The Kier molecular flexibility index (Phi) is 6.90. The number of ether oxygens (including phenoxy) is 1. The van der Waals surface area contributed by atoms with Crippen LogP contribution in [-0.2, 0) is 6.18 Å². The third kappa shape index (κ3) is 5.93. The molecular formula is C23H19F3N7O4+. The van der Waals surface area contributed by atoms with Crippen LogP contribution in [-0.4, -0.2) is 39.0 Å². The molecule has 0 saturated carbocycles. The van der Waals surface area contributed by atoms with Crippen molar-refractivity contribution in [2.24, 2.45) is 0 Å². The summed E-state index contributed by atoms with van der Waals surface area (Å²) in [4.78, 5) is 28.1. The number of nitrogens with zero attached hydrogens (tertiary/aromatic N) is 4. The summed E-state index contributed by atoms with van der Waals surface area (Å²) in [5.74, 6) is 0.106. The maximum atomic E-state index is 13.2. The molecule has 2 aromatic heterocycles. The molecule has 0 bridgehead atoms. The lowest BCUT2D eigenvalue weighted by Gasteiger charge is -2.15. The number of pyridine rings is 1. The van der Waals surface area contributed by atoms with Crippen molar-refractivity contribution in [3.8, 4) is 17.2 Å². The molecule has 2 heterocycles. The normalized spacial score (nSPS) is 11.0. The SMILES string of the molecule is CNC(=O)c1cc(Oc2ccc(NC(=O)Nc3cc(C(F)(F)F)ccc3-n3cncn3)cc2)cc[n+]1O. The standard InChI is InChI=1S/C23H18F3N7O4/c1-27-21(34)20-11-17(8-9-33(20)36)37-16-5-3-15(4-6-16)30-22(35)31-18-10-14(23(24,25)26)2-7-19(18)32-13-28-12-29-32/h2-13H,1H3,(H3-,27,30,31,34,35,36)/p+1. The number of alkyl halides is 3. The van der Waals surface area contributed by atoms with Crippen LogP contribution in [0.2, 0.25) is 0 Å². The fraction of sp³-hybridized carbons (Fsp3) is 0.0870. The fourth-order valence-corrected chi connectivity index (χ4v) is 3.21. The second-order valence-corrected chi connectivity index (χ2v) is 7.45. The molecule has 4 N–H and O–H groups in total. The Balaban J connectivity index is 1.47. The van der Waals surface area contributed by atoms with Crippen molar-refractivity contribution in [2.75, 3.05) is 17.7 Å². The molecular weight excluding hydrogens is 495 g/mol. The van der Waals surface area contributed by atoms with Crippen LogP contribution < -0.4 is 25.4 Å². The molecule has 2 aromatic carbocycles. The summed E-state index contributed by atoms with van der Waals surface area (Å²) in [6.07, 6.45) is -0.876. The van der Waals surface area contributed by atoms with E-state index in [1.807, 2.05) is 0 Å². The van der Waals surface area contributed by atoms with E-state index in [1.165, 1.54) is 73.0 Å². The second kappa shape index (κ2) is 10.2. The molecule has 4 aromatic rings. The first-order valence-electron chi connectivity index (χ1n) is 10.5. The third-order valence-electron chi connectivity index (χ3n) is 4.95. The number of halogens is 3. The minimum atomic E-state index is -4.61. The van der Waals surface area contributed by atoms with Crippen molar-refractivity contribution in [3.63, 3.8) is 0 Å². The predicted molar refractivity (Wildman–Crippen MR) is 123 cm³/mol. The Bertz CT molecular complexity index is 1430. The molecule has 0 fully saturated rings. The Labute approximate surface area is 207 Å². The van der Waals surface area contributed by atoms with Crippen molar-refractivity contribution in [2.45, 2.75) is 6.18 Å². The van der Waals surface area contributed by atoms with E-state index in [0.717, 1.165) is 12.1 Å². The van der Waals surface area contributed by atoms with Crippen molar-refractivity contribution >= 4 is 23.3 Å². The highest BCUT2D eigenvalue weighted by atomic mass is 19.4. The Hall–Kier alpha value is -5.14. The number of hydrogen-bond acceptors (Lipinski definition) is 6. The van der Waals surface area contributed by atoms with Crippen LogP contribution in [0, 0.1) is 0 Å². The van der Waals surface area contributed by atoms with E-state index in [4.69, 9.17) is 4.74 Å². The van der Waals surface area contributed by atoms with Gasteiger partial charge in [0.1, 0.15) is 24.2 Å². The molecule has 0 spiro atoms. The quantitative estimate of drug-likeness (QED) is 0.230. The number of hydrogen-bond donors (Lipinski definition) is 4. The number of benzene rings is 2. The largest absolute Gasteiger partial charge is 0.457 e. The maximum Gasteiger partial charge on any atom is 0.416 e. The monoisotopic (exact) mass is 514 g/mol. The molecule has 0 saturated heterocycles. The van der Waals surface area contributed by atoms with Crippen LogP contribution in [0.15, 0.2) is 73.4 Å². The molecule has 0 radical (unpaired) electrons. The molecule has 0 aliphatic heterocycles. The average molecular weight is 514 g/mol. The Morgan fingerprint density at radius 3 is 2.43 bits per heavy atom. The van der Waals surface area contributed by atoms with E-state index in [9.17, 15) is 28.0 Å². The van der Waals surface area contributed by atoms with Crippen LogP contribution in [0.1, 0.15) is 16.1 Å². The van der Waals surface area contributed by atoms with Gasteiger partial charge in [-0.15, -0.1) is 0 Å². The average Bonchev–Trinajstić information content (AvgIpc) is 3.40. The van der Waals surface area contributed by atoms with Crippen LogP contribution in [0.5, 0.6) is 11.5 Å². The highest BCUT2D eigenvalue weighted by molar-refractivity contribution is 6.01. The zero-order valence-corrected chi connectivity index (χ0v) is 19.0. The van der Waals surface area contributed by atoms with Gasteiger partial charge in [0.25, 0.3) is 0 Å². The highest BCUT2D eigenvalue weighted by Gasteiger charge is 2.31. The van der Waals surface area contributed by atoms with Gasteiger partial charge in [-0.1, -0.05) is 0 Å². The second-order valence-electron chi connectivity index (χ2n) is 7.45. The van der Waals surface area contributed by atoms with Gasteiger partial charge >= 0.3 is 23.8 Å². The zero-order valence-electron chi connectivity index (χ0n) is 19.0. The lowest BCUT2D eigenvalue weighted by molar-refractivity contribution is -0.905. The molecule has 11 nitrogen and oxygen atoms in total. The summed E-state index contributed by atoms with van der Waals surface area (Å²) < 4.78 is 47.2. The van der Waals surface area contributed by atoms with E-state index in [2.05, 4.69) is 26.0 Å². The lowest BCUT2D eigenvalue weighted by Crippen LogP contribution is -2.40. The van der Waals surface area contributed by atoms with Gasteiger partial charge in [0.2, 0.25) is 6.20 Å². The Morgan fingerprint density at radius 1 is 1.03 bits per heavy atom. The molecule has 14 heteroatoms. The predicted octanol–water partition coefficient (Wildman–Crippen LogP) is 3.61. The first-order chi connectivity index (χ1) is 17.6. The summed E-state index contributed by atoms with van der Waals surface area (Å²) in [5, 5.41) is 21.0. The number of nitrogens with one attached hydrogen (secondary N) is 3. The summed E-state index contributed by atoms with van der Waals surface area (Å²) in [6, 6.07) is 10.9. The number of aromatic nitrogens is 4. The number of amides is 3. The van der Waals surface area contributed by atoms with Gasteiger partial charge in [0.15, 0.2) is 0 Å². The number of urea groups is 1. The summed E-state index contributed by atoms with van der Waals surface area (Å²) in [7, 11) is 1.42. The van der Waals surface area contributed by atoms with Gasteiger partial charge in [-0.3, -0.25) is 10.0 Å².